The predicted octanol–water partition coefficient (Wildman–Crippen LogP) is 5.11. The molecule has 2 aliphatic rings. The molecule has 0 atom stereocenters. The third-order valence-corrected chi connectivity index (χ3v) is 5.60. The molecule has 0 saturated heterocycles. The van der Waals surface area contributed by atoms with Crippen molar-refractivity contribution in [1.29, 1.82) is 0 Å². The summed E-state index contributed by atoms with van der Waals surface area (Å²) in [6, 6.07) is 9.91. The molecule has 2 aliphatic heterocycles. The zero-order valence-corrected chi connectivity index (χ0v) is 19.3. The van der Waals surface area contributed by atoms with Crippen LogP contribution < -0.4 is 14.2 Å². The summed E-state index contributed by atoms with van der Waals surface area (Å²) in [5.74, 6) is 1.11. The predicted molar refractivity (Wildman–Crippen MR) is 119 cm³/mol. The van der Waals surface area contributed by atoms with E-state index in [4.69, 9.17) is 35.1 Å². The summed E-state index contributed by atoms with van der Waals surface area (Å²) >= 11 is 9.16. The fraction of sp³-hybridized carbons (Fsp3) is 0.174. The van der Waals surface area contributed by atoms with E-state index < -0.39 is 5.97 Å². The Kier molecular flexibility index (Phi) is 5.92. The molecule has 3 heterocycles. The van der Waals surface area contributed by atoms with E-state index in [9.17, 15) is 9.59 Å². The van der Waals surface area contributed by atoms with Gasteiger partial charge in [-0.25, -0.2) is 0 Å². The number of rotatable bonds is 5. The maximum Gasteiger partial charge on any atom is 0.311 e. The zero-order chi connectivity index (χ0) is 22.9. The van der Waals surface area contributed by atoms with Crippen LogP contribution in [0.3, 0.4) is 0 Å². The molecule has 0 fully saturated rings. The Morgan fingerprint density at radius 1 is 1.24 bits per heavy atom. The zero-order valence-electron chi connectivity index (χ0n) is 16.9. The van der Waals surface area contributed by atoms with Gasteiger partial charge in [-0.1, -0.05) is 32.7 Å². The van der Waals surface area contributed by atoms with Gasteiger partial charge in [0.05, 0.1) is 18.6 Å². The first-order chi connectivity index (χ1) is 16.0. The number of hydrogen-bond donors (Lipinski definition) is 0. The van der Waals surface area contributed by atoms with Gasteiger partial charge in [-0.3, -0.25) is 9.59 Å². The highest BCUT2D eigenvalue weighted by Gasteiger charge is 2.29. The minimum atomic E-state index is -0.470. The van der Waals surface area contributed by atoms with Crippen LogP contribution in [-0.4, -0.2) is 23.7 Å². The summed E-state index contributed by atoms with van der Waals surface area (Å²) in [6.07, 6.45) is 2.01. The van der Waals surface area contributed by atoms with Gasteiger partial charge < -0.3 is 23.5 Å². The van der Waals surface area contributed by atoms with Gasteiger partial charge in [0.2, 0.25) is 5.78 Å². The molecule has 0 bridgehead atoms. The first-order valence-electron chi connectivity index (χ1n) is 9.89. The number of allylic oxidation sites excluding steroid dienone is 1. The van der Waals surface area contributed by atoms with Gasteiger partial charge in [-0.2, -0.15) is 0 Å². The molecule has 0 aliphatic carbocycles. The lowest BCUT2D eigenvalue weighted by Crippen LogP contribution is -2.12. The van der Waals surface area contributed by atoms with E-state index in [1.54, 1.807) is 18.2 Å². The van der Waals surface area contributed by atoms with Crippen molar-refractivity contribution in [3.8, 4) is 17.2 Å². The summed E-state index contributed by atoms with van der Waals surface area (Å²) in [5, 5.41) is 3.79. The van der Waals surface area contributed by atoms with E-state index in [1.807, 2.05) is 12.1 Å². The first-order valence-corrected chi connectivity index (χ1v) is 11.1. The Hall–Kier alpha value is -3.14. The fourth-order valence-corrected chi connectivity index (χ4v) is 4.18. The quantitative estimate of drug-likeness (QED) is 0.254. The fourth-order valence-electron chi connectivity index (χ4n) is 3.50. The average Bonchev–Trinajstić information content (AvgIpc) is 3.34. The molecule has 1 aromatic heterocycles. The molecular weight excluding hydrogens is 518 g/mol. The number of ether oxygens (including phenoxy) is 4. The van der Waals surface area contributed by atoms with Crippen LogP contribution in [0.25, 0.3) is 6.08 Å². The largest absolute Gasteiger partial charge is 0.467 e. The van der Waals surface area contributed by atoms with Crippen LogP contribution in [0.1, 0.15) is 33.7 Å². The van der Waals surface area contributed by atoms with E-state index in [-0.39, 0.29) is 35.7 Å². The molecular formula is C23H15BrClNO7. The molecule has 0 radical (unpaired) electrons. The second-order valence-electron chi connectivity index (χ2n) is 7.28. The topological polar surface area (TPSA) is 97.1 Å². The lowest BCUT2D eigenvalue weighted by molar-refractivity contribution is -0.134. The van der Waals surface area contributed by atoms with E-state index in [1.165, 1.54) is 12.1 Å². The molecule has 0 saturated carbocycles. The number of carbonyl (C=O) groups excluding carboxylic acids is 2. The van der Waals surface area contributed by atoms with Gasteiger partial charge >= 0.3 is 5.97 Å². The Bertz CT molecular complexity index is 1300. The third-order valence-electron chi connectivity index (χ3n) is 4.97. The second kappa shape index (κ2) is 9.01. The number of halogens is 2. The highest BCUT2D eigenvalue weighted by atomic mass is 79.9. The van der Waals surface area contributed by atoms with Crippen molar-refractivity contribution >= 4 is 45.4 Å². The van der Waals surface area contributed by atoms with E-state index in [2.05, 4.69) is 21.1 Å². The van der Waals surface area contributed by atoms with Crippen molar-refractivity contribution in [3.05, 3.63) is 74.2 Å². The first kappa shape index (κ1) is 21.7. The van der Waals surface area contributed by atoms with Crippen LogP contribution in [0.4, 0.5) is 0 Å². The number of hydrogen-bond acceptors (Lipinski definition) is 8. The smallest absolute Gasteiger partial charge is 0.311 e. The molecule has 0 spiro atoms. The van der Waals surface area contributed by atoms with Crippen molar-refractivity contribution in [3.63, 3.8) is 0 Å². The van der Waals surface area contributed by atoms with Crippen LogP contribution >= 0.6 is 27.5 Å². The van der Waals surface area contributed by atoms with Gasteiger partial charge in [-0.15, -0.1) is 0 Å². The molecule has 0 amide bonds. The molecule has 3 aromatic rings. The SMILES string of the molecule is O=C(CCc1cc(Cl)no1)Oc1ccc2c(c1)O/C(=C\c1cc(Br)cc3c1OCOC3)C2=O. The lowest BCUT2D eigenvalue weighted by Gasteiger charge is -2.20. The van der Waals surface area contributed by atoms with Crippen molar-refractivity contribution in [1.82, 2.24) is 5.16 Å². The van der Waals surface area contributed by atoms with E-state index >= 15 is 0 Å². The number of aryl methyl sites for hydroxylation is 1. The van der Waals surface area contributed by atoms with Crippen molar-refractivity contribution in [2.24, 2.45) is 0 Å². The maximum atomic E-state index is 12.8. The molecule has 2 aromatic carbocycles. The number of fused-ring (bicyclic) bond motifs is 2. The van der Waals surface area contributed by atoms with Crippen molar-refractivity contribution in [2.75, 3.05) is 6.79 Å². The summed E-state index contributed by atoms with van der Waals surface area (Å²) in [4.78, 5) is 25.0. The summed E-state index contributed by atoms with van der Waals surface area (Å²) < 4.78 is 27.9. The van der Waals surface area contributed by atoms with E-state index in [0.29, 0.717) is 41.4 Å². The number of aromatic nitrogens is 1. The monoisotopic (exact) mass is 531 g/mol. The Morgan fingerprint density at radius 3 is 2.94 bits per heavy atom. The van der Waals surface area contributed by atoms with Crippen LogP contribution in [-0.2, 0) is 22.6 Å². The Morgan fingerprint density at radius 2 is 2.12 bits per heavy atom. The van der Waals surface area contributed by atoms with Gasteiger partial charge in [0.15, 0.2) is 17.7 Å². The Labute approximate surface area is 201 Å². The normalized spacial score (nSPS) is 15.6. The third kappa shape index (κ3) is 4.66. The second-order valence-corrected chi connectivity index (χ2v) is 8.58. The van der Waals surface area contributed by atoms with Crippen LogP contribution in [0.2, 0.25) is 5.15 Å². The maximum absolute atomic E-state index is 12.8. The summed E-state index contributed by atoms with van der Waals surface area (Å²) in [5.41, 5.74) is 1.94. The average molecular weight is 533 g/mol. The Balaban J connectivity index is 1.31. The number of ketones is 1. The van der Waals surface area contributed by atoms with Gasteiger partial charge in [0.1, 0.15) is 23.0 Å². The minimum Gasteiger partial charge on any atom is -0.467 e. The van der Waals surface area contributed by atoms with Gasteiger partial charge in [0.25, 0.3) is 0 Å². The van der Waals surface area contributed by atoms with Gasteiger partial charge in [0, 0.05) is 34.2 Å². The molecule has 168 valence electrons. The molecule has 5 rings (SSSR count). The van der Waals surface area contributed by atoms with Crippen molar-refractivity contribution in [2.45, 2.75) is 19.4 Å². The number of Topliss-reactive ketones (excluding diaryl/α,β-unsaturated/α-hetero) is 1. The number of carbonyl (C=O) groups is 2. The van der Waals surface area contributed by atoms with E-state index in [0.717, 1.165) is 10.0 Å². The molecule has 0 N–H and O–H groups in total. The van der Waals surface area contributed by atoms with Crippen LogP contribution in [0.15, 0.2) is 51.2 Å². The molecule has 8 nitrogen and oxygen atoms in total. The lowest BCUT2D eigenvalue weighted by atomic mass is 10.1. The number of nitrogens with zero attached hydrogens (tertiary/aromatic N) is 1. The standard InChI is InChI=1S/C23H15BrClNO7/c24-14-5-12(23-13(6-14)10-29-11-30-23)7-19-22(28)17-3-1-15(8-18(17)32-19)31-21(27)4-2-16-9-20(25)26-33-16/h1,3,5-9H,2,4,10-11H2/b19-7-. The summed E-state index contributed by atoms with van der Waals surface area (Å²) in [7, 11) is 0. The molecule has 33 heavy (non-hydrogen) atoms. The van der Waals surface area contributed by atoms with Crippen LogP contribution in [0.5, 0.6) is 17.2 Å². The number of benzene rings is 2. The summed E-state index contributed by atoms with van der Waals surface area (Å²) in [6.45, 7) is 0.552. The number of esters is 1. The highest BCUT2D eigenvalue weighted by Crippen LogP contribution is 2.38. The van der Waals surface area contributed by atoms with Crippen molar-refractivity contribution < 1.29 is 33.1 Å². The van der Waals surface area contributed by atoms with Crippen LogP contribution in [0, 0.1) is 0 Å². The van der Waals surface area contributed by atoms with Gasteiger partial charge in [-0.05, 0) is 30.3 Å². The molecule has 10 heteroatoms. The molecule has 0 unspecified atom stereocenters. The highest BCUT2D eigenvalue weighted by molar-refractivity contribution is 9.10. The minimum absolute atomic E-state index is 0.0747.